The first-order valence-corrected chi connectivity index (χ1v) is 35.5. The van der Waals surface area contributed by atoms with Gasteiger partial charge >= 0.3 is 0 Å². The topological polar surface area (TPSA) is 0 Å². The van der Waals surface area contributed by atoms with E-state index in [0.29, 0.717) is 0 Å². The van der Waals surface area contributed by atoms with Crippen LogP contribution in [0.3, 0.4) is 0 Å². The first kappa shape index (κ1) is 60.2. The highest BCUT2D eigenvalue weighted by atomic mass is 32.1. The third-order valence-electron chi connectivity index (χ3n) is 18.1. The Morgan fingerprint density at radius 1 is 0.160 bits per heavy atom. The maximum atomic E-state index is 2.30. The summed E-state index contributed by atoms with van der Waals surface area (Å²) in [5.74, 6) is 0. The summed E-state index contributed by atoms with van der Waals surface area (Å²) in [6.07, 6.45) is 0. The molecular weight excluding hydrogens is 1210 g/mol. The van der Waals surface area contributed by atoms with Crippen LogP contribution in [0, 0.1) is 41.5 Å². The molecule has 0 saturated carbocycles. The summed E-state index contributed by atoms with van der Waals surface area (Å²) in [5.41, 5.74) is 8.05. The van der Waals surface area contributed by atoms with Crippen LogP contribution >= 0.6 is 45.3 Å². The smallest absolute Gasteiger partial charge is 0.0384 e. The van der Waals surface area contributed by atoms with Gasteiger partial charge in [0.2, 0.25) is 0 Å². The lowest BCUT2D eigenvalue weighted by Gasteiger charge is -2.10. The van der Waals surface area contributed by atoms with E-state index in [9.17, 15) is 0 Å². The van der Waals surface area contributed by atoms with Crippen LogP contribution in [-0.2, 0) is 0 Å². The summed E-state index contributed by atoms with van der Waals surface area (Å²) in [4.78, 5) is 0. The molecule has 94 heavy (non-hydrogen) atoms. The van der Waals surface area contributed by atoms with Crippen LogP contribution in [0.4, 0.5) is 0 Å². The minimum atomic E-state index is 1.31. The van der Waals surface area contributed by atoms with Crippen molar-refractivity contribution in [2.75, 3.05) is 0 Å². The van der Waals surface area contributed by atoms with E-state index in [2.05, 4.69) is 345 Å². The van der Waals surface area contributed by atoms with Crippen LogP contribution in [0.2, 0.25) is 0 Å². The average molecular weight is 1280 g/mol. The minimum absolute atomic E-state index is 1.31. The predicted octanol–water partition coefficient (Wildman–Crippen LogP) is 28.4. The van der Waals surface area contributed by atoms with Crippen molar-refractivity contribution in [3.05, 3.63) is 337 Å². The van der Waals surface area contributed by atoms with Gasteiger partial charge in [0.05, 0.1) is 0 Å². The number of aryl methyl sites for hydroxylation is 6. The molecule has 20 rings (SSSR count). The van der Waals surface area contributed by atoms with Crippen molar-refractivity contribution in [3.8, 4) is 0 Å². The largest absolute Gasteiger partial charge is 0.135 e. The Kier molecular flexibility index (Phi) is 16.8. The Morgan fingerprint density at radius 2 is 0.436 bits per heavy atom. The molecule has 0 saturated heterocycles. The summed E-state index contributed by atoms with van der Waals surface area (Å²) < 4.78 is 11.1. The van der Waals surface area contributed by atoms with Crippen LogP contribution in [0.25, 0.3) is 145 Å². The molecule has 4 heteroatoms. The highest BCUT2D eigenvalue weighted by Gasteiger charge is 2.12. The number of hydrogen-bond donors (Lipinski definition) is 0. The van der Waals surface area contributed by atoms with Gasteiger partial charge < -0.3 is 0 Å². The molecule has 452 valence electrons. The lowest BCUT2D eigenvalue weighted by Crippen LogP contribution is -1.83. The van der Waals surface area contributed by atoms with Crippen molar-refractivity contribution in [1.29, 1.82) is 0 Å². The van der Waals surface area contributed by atoms with Gasteiger partial charge in [0.15, 0.2) is 0 Å². The summed E-state index contributed by atoms with van der Waals surface area (Å²) in [6, 6.07) is 109. The van der Waals surface area contributed by atoms with Gasteiger partial charge in [-0.15, -0.1) is 45.3 Å². The molecule has 0 fully saturated rings. The number of rotatable bonds is 0. The summed E-state index contributed by atoms with van der Waals surface area (Å²) in [7, 11) is 0. The van der Waals surface area contributed by atoms with Gasteiger partial charge in [0, 0.05) is 80.7 Å². The van der Waals surface area contributed by atoms with Crippen LogP contribution in [0.15, 0.2) is 303 Å². The lowest BCUT2D eigenvalue weighted by atomic mass is 9.93. The van der Waals surface area contributed by atoms with Crippen molar-refractivity contribution >= 4 is 191 Å². The van der Waals surface area contributed by atoms with Crippen LogP contribution in [0.1, 0.15) is 33.4 Å². The Morgan fingerprint density at radius 3 is 0.936 bits per heavy atom. The molecule has 0 spiro atoms. The van der Waals surface area contributed by atoms with Crippen molar-refractivity contribution in [3.63, 3.8) is 0 Å². The fraction of sp³-hybridized carbons (Fsp3) is 0.0667. The normalized spacial score (nSPS) is 11.3. The molecule has 0 aliphatic heterocycles. The maximum Gasteiger partial charge on any atom is 0.0384 e. The van der Waals surface area contributed by atoms with E-state index in [0.717, 1.165) is 0 Å². The Labute approximate surface area is 564 Å². The highest BCUT2D eigenvalue weighted by molar-refractivity contribution is 7.27. The predicted molar refractivity (Wildman–Crippen MR) is 424 cm³/mol. The second-order valence-electron chi connectivity index (χ2n) is 24.6. The van der Waals surface area contributed by atoms with E-state index in [1.807, 2.05) is 45.3 Å². The number of hydrogen-bond acceptors (Lipinski definition) is 4. The number of fused-ring (bicyclic) bond motifs is 24. The zero-order chi connectivity index (χ0) is 63.8. The minimum Gasteiger partial charge on any atom is -0.135 e. The summed E-state index contributed by atoms with van der Waals surface area (Å²) in [6.45, 7) is 13.0. The Hall–Kier alpha value is -10.0. The first-order valence-electron chi connectivity index (χ1n) is 32.2. The summed E-state index contributed by atoms with van der Waals surface area (Å²) >= 11 is 7.51. The number of thiophene rings is 4. The van der Waals surface area contributed by atoms with E-state index in [-0.39, 0.29) is 0 Å². The molecule has 4 heterocycles. The Bertz CT molecular complexity index is 5950. The molecule has 0 unspecified atom stereocenters. The van der Waals surface area contributed by atoms with E-state index >= 15 is 0 Å². The van der Waals surface area contributed by atoms with E-state index in [1.54, 1.807) is 0 Å². The second kappa shape index (κ2) is 26.2. The third kappa shape index (κ3) is 11.7. The van der Waals surface area contributed by atoms with Crippen molar-refractivity contribution < 1.29 is 0 Å². The monoisotopic (exact) mass is 1280 g/mol. The SMILES string of the molecule is Cc1ccc2c(c1)sc1ccccc12.Cc1ccc2c3ccccc3c3ccccc3c2c1.Cc1ccc2c3ccccc3c3ccccc3c2c1.Cc1ccc2sc3ccccc3c2c1.Cc1cccc2c1sc1ccccc12.Cc1cccc2sc3ccccc3c12. The average Bonchev–Trinajstić information content (AvgIpc) is 1.37. The van der Waals surface area contributed by atoms with Crippen LogP contribution in [0.5, 0.6) is 0 Å². The standard InChI is InChI=1S/2C19H14.4C13H10S/c2*1-13-10-11-18-16-8-3-2-6-14(16)15-7-4-5-9-17(15)19(18)12-13;1-9-5-4-7-11-10-6-2-3-8-12(10)14-13(9)11;1-9-5-4-8-12-13(9)10-6-2-3-7-11(10)14-12;1-9-6-7-13-11(8-9)10-4-2-3-5-12(10)14-13;1-9-6-7-11-10-4-2-3-5-12(10)14-13(11)8-9/h2*2-12H,1H3;4*2-8H,1H3. The van der Waals surface area contributed by atoms with Crippen molar-refractivity contribution in [1.82, 2.24) is 0 Å². The molecule has 4 aromatic heterocycles. The highest BCUT2D eigenvalue weighted by Crippen LogP contribution is 2.41. The van der Waals surface area contributed by atoms with Gasteiger partial charge in [-0.3, -0.25) is 0 Å². The van der Waals surface area contributed by atoms with Gasteiger partial charge in [-0.1, -0.05) is 271 Å². The molecule has 20 aromatic rings. The molecule has 0 N–H and O–H groups in total. The molecule has 0 atom stereocenters. The molecule has 0 nitrogen and oxygen atoms in total. The zero-order valence-corrected chi connectivity index (χ0v) is 56.8. The molecule has 16 aromatic carbocycles. The van der Waals surface area contributed by atoms with Crippen molar-refractivity contribution in [2.24, 2.45) is 0 Å². The molecule has 0 bridgehead atoms. The molecule has 0 aliphatic carbocycles. The molecule has 0 radical (unpaired) electrons. The first-order chi connectivity index (χ1) is 46.1. The quantitative estimate of drug-likeness (QED) is 0.133. The van der Waals surface area contributed by atoms with E-state index in [4.69, 9.17) is 0 Å². The fourth-order valence-corrected chi connectivity index (χ4v) is 18.2. The lowest BCUT2D eigenvalue weighted by molar-refractivity contribution is 1.51. The van der Waals surface area contributed by atoms with E-state index in [1.165, 1.54) is 179 Å². The summed E-state index contributed by atoms with van der Waals surface area (Å²) in [5, 5.41) is 27.3. The van der Waals surface area contributed by atoms with Gasteiger partial charge in [0.25, 0.3) is 0 Å². The third-order valence-corrected chi connectivity index (χ3v) is 22.8. The molecular formula is C90H68S4. The second-order valence-corrected chi connectivity index (χ2v) is 28.9. The number of benzene rings is 16. The fourth-order valence-electron chi connectivity index (χ4n) is 13.6. The molecule has 0 aliphatic rings. The maximum absolute atomic E-state index is 2.30. The molecule has 0 amide bonds. The Balaban J connectivity index is 0.0000000936. The van der Waals surface area contributed by atoms with Crippen LogP contribution in [-0.4, -0.2) is 0 Å². The van der Waals surface area contributed by atoms with Gasteiger partial charge in [-0.25, -0.2) is 0 Å². The van der Waals surface area contributed by atoms with Gasteiger partial charge in [-0.05, 0) is 171 Å². The van der Waals surface area contributed by atoms with E-state index < -0.39 is 0 Å². The van der Waals surface area contributed by atoms with Crippen LogP contribution < -0.4 is 0 Å². The van der Waals surface area contributed by atoms with Gasteiger partial charge in [-0.2, -0.15) is 0 Å². The van der Waals surface area contributed by atoms with Gasteiger partial charge in [0.1, 0.15) is 0 Å². The zero-order valence-electron chi connectivity index (χ0n) is 53.5. The van der Waals surface area contributed by atoms with Crippen molar-refractivity contribution in [2.45, 2.75) is 41.5 Å².